The quantitative estimate of drug-likeness (QED) is 0.621. The van der Waals surface area contributed by atoms with Crippen LogP contribution in [0.3, 0.4) is 0 Å². The molecule has 3 rings (SSSR count). The highest BCUT2D eigenvalue weighted by atomic mass is 32.2. The number of benzene rings is 2. The van der Waals surface area contributed by atoms with Gasteiger partial charge in [0.15, 0.2) is 9.84 Å². The lowest BCUT2D eigenvalue weighted by molar-refractivity contribution is 0.568. The second-order valence-electron chi connectivity index (χ2n) is 6.80. The van der Waals surface area contributed by atoms with E-state index in [4.69, 9.17) is 0 Å². The summed E-state index contributed by atoms with van der Waals surface area (Å²) < 4.78 is 54.3. The van der Waals surface area contributed by atoms with E-state index in [1.165, 1.54) is 36.7 Å². The van der Waals surface area contributed by atoms with Crippen molar-refractivity contribution in [3.8, 4) is 0 Å². The van der Waals surface area contributed by atoms with Gasteiger partial charge in [-0.3, -0.25) is 4.98 Å². The fourth-order valence-electron chi connectivity index (χ4n) is 2.85. The standard InChI is InChI=1S/C21H22N2O4S2/c1-16-5-9-19(10-6-16)28(24,25)21(18-4-3-13-22-14-18)15-23-29(26,27)20-11-7-17(2)8-12-20/h3-14,21,23H,15H2,1-2H3/t21-/m1/s1. The third-order valence-corrected chi connectivity index (χ3v) is 8.13. The van der Waals surface area contributed by atoms with E-state index in [1.807, 2.05) is 13.8 Å². The summed E-state index contributed by atoms with van der Waals surface area (Å²) in [6, 6.07) is 16.1. The summed E-state index contributed by atoms with van der Waals surface area (Å²) in [4.78, 5) is 4.21. The molecule has 152 valence electrons. The lowest BCUT2D eigenvalue weighted by Gasteiger charge is -2.19. The van der Waals surface area contributed by atoms with Gasteiger partial charge in [0.25, 0.3) is 0 Å². The Kier molecular flexibility index (Phi) is 6.16. The van der Waals surface area contributed by atoms with Gasteiger partial charge in [-0.15, -0.1) is 0 Å². The maximum Gasteiger partial charge on any atom is 0.240 e. The van der Waals surface area contributed by atoms with Crippen LogP contribution in [0.1, 0.15) is 21.9 Å². The van der Waals surface area contributed by atoms with Gasteiger partial charge in [0.2, 0.25) is 10.0 Å². The molecule has 0 saturated carbocycles. The first kappa shape index (κ1) is 21.2. The van der Waals surface area contributed by atoms with E-state index >= 15 is 0 Å². The number of sulfone groups is 1. The topological polar surface area (TPSA) is 93.2 Å². The summed E-state index contributed by atoms with van der Waals surface area (Å²) >= 11 is 0. The molecule has 0 bridgehead atoms. The number of aromatic nitrogens is 1. The van der Waals surface area contributed by atoms with Crippen molar-refractivity contribution in [1.29, 1.82) is 0 Å². The van der Waals surface area contributed by atoms with Crippen LogP contribution < -0.4 is 4.72 Å². The van der Waals surface area contributed by atoms with Crippen LogP contribution in [0.25, 0.3) is 0 Å². The van der Waals surface area contributed by atoms with E-state index in [-0.39, 0.29) is 16.3 Å². The number of hydrogen-bond acceptors (Lipinski definition) is 5. The molecule has 0 aliphatic carbocycles. The molecule has 2 aromatic carbocycles. The highest BCUT2D eigenvalue weighted by Gasteiger charge is 2.31. The first-order chi connectivity index (χ1) is 13.7. The smallest absolute Gasteiger partial charge is 0.240 e. The van der Waals surface area contributed by atoms with Crippen molar-refractivity contribution >= 4 is 19.9 Å². The van der Waals surface area contributed by atoms with Crippen molar-refractivity contribution < 1.29 is 16.8 Å². The minimum Gasteiger partial charge on any atom is -0.264 e. The first-order valence-electron chi connectivity index (χ1n) is 8.97. The zero-order valence-electron chi connectivity index (χ0n) is 16.1. The second-order valence-corrected chi connectivity index (χ2v) is 10.7. The van der Waals surface area contributed by atoms with E-state index < -0.39 is 25.1 Å². The van der Waals surface area contributed by atoms with Crippen molar-refractivity contribution in [2.45, 2.75) is 28.9 Å². The third kappa shape index (κ3) is 4.90. The molecular formula is C21H22N2O4S2. The van der Waals surface area contributed by atoms with Gasteiger partial charge in [0.05, 0.1) is 9.79 Å². The van der Waals surface area contributed by atoms with Crippen molar-refractivity contribution in [3.05, 3.63) is 89.7 Å². The van der Waals surface area contributed by atoms with Crippen molar-refractivity contribution in [2.75, 3.05) is 6.54 Å². The summed E-state index contributed by atoms with van der Waals surface area (Å²) in [6.07, 6.45) is 2.98. The van der Waals surface area contributed by atoms with E-state index in [9.17, 15) is 16.8 Å². The molecule has 0 aliphatic heterocycles. The number of pyridine rings is 1. The molecular weight excluding hydrogens is 408 g/mol. The van der Waals surface area contributed by atoms with Crippen molar-refractivity contribution in [2.24, 2.45) is 0 Å². The Morgan fingerprint density at radius 3 is 1.90 bits per heavy atom. The average Bonchev–Trinajstić information content (AvgIpc) is 2.69. The van der Waals surface area contributed by atoms with Crippen LogP contribution in [0.2, 0.25) is 0 Å². The maximum atomic E-state index is 13.3. The van der Waals surface area contributed by atoms with Crippen LogP contribution in [0.4, 0.5) is 0 Å². The van der Waals surface area contributed by atoms with Crippen LogP contribution in [-0.4, -0.2) is 28.4 Å². The Morgan fingerprint density at radius 2 is 1.38 bits per heavy atom. The zero-order chi connectivity index (χ0) is 21.1. The SMILES string of the molecule is Cc1ccc(S(=O)(=O)NC[C@H](c2cccnc2)S(=O)(=O)c2ccc(C)cc2)cc1. The van der Waals surface area contributed by atoms with Crippen LogP contribution in [-0.2, 0) is 19.9 Å². The normalized spacial score (nSPS) is 13.2. The molecule has 1 N–H and O–H groups in total. The molecule has 0 radical (unpaired) electrons. The fourth-order valence-corrected chi connectivity index (χ4v) is 5.65. The molecule has 29 heavy (non-hydrogen) atoms. The Morgan fingerprint density at radius 1 is 0.828 bits per heavy atom. The summed E-state index contributed by atoms with van der Waals surface area (Å²) in [5, 5.41) is -1.11. The third-order valence-electron chi connectivity index (χ3n) is 4.57. The number of rotatable bonds is 7. The lowest BCUT2D eigenvalue weighted by Crippen LogP contribution is -2.32. The first-order valence-corrected chi connectivity index (χ1v) is 12.0. The monoisotopic (exact) mass is 430 g/mol. The summed E-state index contributed by atoms with van der Waals surface area (Å²) in [5.41, 5.74) is 2.28. The number of hydrogen-bond donors (Lipinski definition) is 1. The summed E-state index contributed by atoms with van der Waals surface area (Å²) in [5.74, 6) is 0. The molecule has 1 heterocycles. The highest BCUT2D eigenvalue weighted by molar-refractivity contribution is 7.92. The van der Waals surface area contributed by atoms with Gasteiger partial charge < -0.3 is 0 Å². The minimum absolute atomic E-state index is 0.0840. The van der Waals surface area contributed by atoms with Gasteiger partial charge in [0.1, 0.15) is 5.25 Å². The molecule has 1 aromatic heterocycles. The molecule has 3 aromatic rings. The molecule has 0 fully saturated rings. The molecule has 6 nitrogen and oxygen atoms in total. The van der Waals surface area contributed by atoms with Gasteiger partial charge in [-0.1, -0.05) is 41.5 Å². The highest BCUT2D eigenvalue weighted by Crippen LogP contribution is 2.28. The second kappa shape index (κ2) is 8.44. The lowest BCUT2D eigenvalue weighted by atomic mass is 10.2. The minimum atomic E-state index is -3.86. The van der Waals surface area contributed by atoms with Gasteiger partial charge >= 0.3 is 0 Å². The molecule has 0 amide bonds. The number of aryl methyl sites for hydroxylation is 2. The van der Waals surface area contributed by atoms with Gasteiger partial charge in [-0.2, -0.15) is 0 Å². The van der Waals surface area contributed by atoms with E-state index in [0.717, 1.165) is 11.1 Å². The molecule has 0 spiro atoms. The molecule has 0 aliphatic rings. The fraction of sp³-hybridized carbons (Fsp3) is 0.190. The van der Waals surface area contributed by atoms with Gasteiger partial charge in [0, 0.05) is 18.9 Å². The number of nitrogens with zero attached hydrogens (tertiary/aromatic N) is 1. The number of sulfonamides is 1. The maximum absolute atomic E-state index is 13.3. The summed E-state index contributed by atoms with van der Waals surface area (Å²) in [6.45, 7) is 3.42. The average molecular weight is 431 g/mol. The van der Waals surface area contributed by atoms with Crippen LogP contribution in [0.15, 0.2) is 82.8 Å². The van der Waals surface area contributed by atoms with Crippen LogP contribution >= 0.6 is 0 Å². The Balaban J connectivity index is 1.95. The predicted octanol–water partition coefficient (Wildman–Crippen LogP) is 3.19. The van der Waals surface area contributed by atoms with Crippen molar-refractivity contribution in [1.82, 2.24) is 9.71 Å². The largest absolute Gasteiger partial charge is 0.264 e. The van der Waals surface area contributed by atoms with Crippen molar-refractivity contribution in [3.63, 3.8) is 0 Å². The van der Waals surface area contributed by atoms with Crippen LogP contribution in [0.5, 0.6) is 0 Å². The molecule has 8 heteroatoms. The number of nitrogens with one attached hydrogen (secondary N) is 1. The van der Waals surface area contributed by atoms with Crippen LogP contribution in [0, 0.1) is 13.8 Å². The Labute approximate surface area is 171 Å². The van der Waals surface area contributed by atoms with E-state index in [0.29, 0.717) is 5.56 Å². The van der Waals surface area contributed by atoms with E-state index in [1.54, 1.807) is 36.4 Å². The zero-order valence-corrected chi connectivity index (χ0v) is 17.7. The van der Waals surface area contributed by atoms with Gasteiger partial charge in [-0.05, 0) is 49.7 Å². The molecule has 0 unspecified atom stereocenters. The van der Waals surface area contributed by atoms with Gasteiger partial charge in [-0.25, -0.2) is 21.6 Å². The van der Waals surface area contributed by atoms with E-state index in [2.05, 4.69) is 9.71 Å². The predicted molar refractivity (Wildman–Crippen MR) is 112 cm³/mol. The molecule has 0 saturated heterocycles. The molecule has 1 atom stereocenters. The Hall–Kier alpha value is -2.55. The summed E-state index contributed by atoms with van der Waals surface area (Å²) in [7, 11) is -7.71. The Bertz CT molecular complexity index is 1170.